The molecule has 19 heavy (non-hydrogen) atoms. The normalized spacial score (nSPS) is 13.8. The zero-order chi connectivity index (χ0) is 13.4. The molecule has 0 aliphatic carbocycles. The zero-order valence-corrected chi connectivity index (χ0v) is 11.3. The molecule has 0 saturated heterocycles. The van der Waals surface area contributed by atoms with Crippen LogP contribution < -0.4 is 5.32 Å². The Morgan fingerprint density at radius 1 is 1.32 bits per heavy atom. The van der Waals surface area contributed by atoms with E-state index < -0.39 is 0 Å². The van der Waals surface area contributed by atoms with Crippen molar-refractivity contribution in [2.45, 2.75) is 33.5 Å². The van der Waals surface area contributed by atoms with E-state index in [4.69, 9.17) is 4.74 Å². The summed E-state index contributed by atoms with van der Waals surface area (Å²) in [4.78, 5) is 12.0. The summed E-state index contributed by atoms with van der Waals surface area (Å²) in [6.07, 6.45) is 1.91. The number of nitrogens with one attached hydrogen (secondary N) is 1. The molecule has 1 aliphatic heterocycles. The molecule has 0 spiro atoms. The first-order valence-corrected chi connectivity index (χ1v) is 6.77. The van der Waals surface area contributed by atoms with Crippen molar-refractivity contribution in [1.82, 2.24) is 9.88 Å². The van der Waals surface area contributed by atoms with Crippen LogP contribution in [0.4, 0.5) is 0 Å². The molecule has 3 rings (SSSR count). The maximum absolute atomic E-state index is 12.0. The van der Waals surface area contributed by atoms with Gasteiger partial charge in [-0.05, 0) is 37.1 Å². The van der Waals surface area contributed by atoms with E-state index in [2.05, 4.69) is 28.9 Å². The Bertz CT molecular complexity index is 643. The summed E-state index contributed by atoms with van der Waals surface area (Å²) in [5.41, 5.74) is 4.41. The Hall–Kier alpha value is -1.81. The molecule has 1 aliphatic rings. The SMILES string of the molecule is CCOC(=O)c1cn(CC)c2cc3c(cc12)CNC3. The van der Waals surface area contributed by atoms with E-state index in [1.54, 1.807) is 0 Å². The third kappa shape index (κ3) is 1.92. The van der Waals surface area contributed by atoms with Gasteiger partial charge in [-0.1, -0.05) is 0 Å². The lowest BCUT2D eigenvalue weighted by molar-refractivity contribution is 0.0528. The number of carbonyl (C=O) groups is 1. The van der Waals surface area contributed by atoms with Gasteiger partial charge in [0.2, 0.25) is 0 Å². The highest BCUT2D eigenvalue weighted by Crippen LogP contribution is 2.28. The highest BCUT2D eigenvalue weighted by atomic mass is 16.5. The van der Waals surface area contributed by atoms with Gasteiger partial charge in [0.15, 0.2) is 0 Å². The molecule has 2 aromatic rings. The fourth-order valence-corrected chi connectivity index (χ4v) is 2.72. The standard InChI is InChI=1S/C15H18N2O2/c1-3-17-9-13(15(18)19-4-2)12-5-10-7-16-8-11(10)6-14(12)17/h5-6,9,16H,3-4,7-8H2,1-2H3. The summed E-state index contributed by atoms with van der Waals surface area (Å²) in [6, 6.07) is 4.32. The van der Waals surface area contributed by atoms with Crippen molar-refractivity contribution in [2.24, 2.45) is 0 Å². The third-order valence-corrected chi connectivity index (χ3v) is 3.67. The van der Waals surface area contributed by atoms with Crippen LogP contribution in [-0.4, -0.2) is 17.1 Å². The fraction of sp³-hybridized carbons (Fsp3) is 0.400. The van der Waals surface area contributed by atoms with Crippen LogP contribution in [0.25, 0.3) is 10.9 Å². The second-order valence-electron chi connectivity index (χ2n) is 4.79. The highest BCUT2D eigenvalue weighted by Gasteiger charge is 2.19. The quantitative estimate of drug-likeness (QED) is 0.860. The molecule has 0 radical (unpaired) electrons. The molecule has 0 unspecified atom stereocenters. The van der Waals surface area contributed by atoms with Gasteiger partial charge in [-0.25, -0.2) is 4.79 Å². The van der Waals surface area contributed by atoms with Crippen LogP contribution in [-0.2, 0) is 24.4 Å². The minimum atomic E-state index is -0.231. The Balaban J connectivity index is 2.20. The molecular weight excluding hydrogens is 240 g/mol. The summed E-state index contributed by atoms with van der Waals surface area (Å²) >= 11 is 0. The largest absolute Gasteiger partial charge is 0.462 e. The summed E-state index contributed by atoms with van der Waals surface area (Å²) in [5, 5.41) is 4.34. The molecule has 4 nitrogen and oxygen atoms in total. The predicted molar refractivity (Wildman–Crippen MR) is 74.1 cm³/mol. The van der Waals surface area contributed by atoms with Crippen molar-refractivity contribution in [1.29, 1.82) is 0 Å². The molecule has 0 amide bonds. The van der Waals surface area contributed by atoms with Gasteiger partial charge in [0.25, 0.3) is 0 Å². The number of rotatable bonds is 3. The molecule has 0 fully saturated rings. The van der Waals surface area contributed by atoms with E-state index in [9.17, 15) is 4.79 Å². The maximum atomic E-state index is 12.0. The number of aryl methyl sites for hydroxylation is 1. The molecular formula is C15H18N2O2. The minimum Gasteiger partial charge on any atom is -0.462 e. The van der Waals surface area contributed by atoms with Crippen molar-refractivity contribution in [2.75, 3.05) is 6.61 Å². The average molecular weight is 258 g/mol. The number of nitrogens with zero attached hydrogens (tertiary/aromatic N) is 1. The number of carbonyl (C=O) groups excluding carboxylic acids is 1. The molecule has 1 aromatic carbocycles. The third-order valence-electron chi connectivity index (χ3n) is 3.67. The molecule has 1 N–H and O–H groups in total. The summed E-state index contributed by atoms with van der Waals surface area (Å²) < 4.78 is 7.26. The maximum Gasteiger partial charge on any atom is 0.340 e. The number of ether oxygens (including phenoxy) is 1. The van der Waals surface area contributed by atoms with E-state index in [1.807, 2.05) is 13.1 Å². The van der Waals surface area contributed by atoms with Crippen LogP contribution >= 0.6 is 0 Å². The van der Waals surface area contributed by atoms with E-state index in [0.717, 1.165) is 30.5 Å². The lowest BCUT2D eigenvalue weighted by Gasteiger charge is -2.03. The van der Waals surface area contributed by atoms with Crippen molar-refractivity contribution < 1.29 is 9.53 Å². The molecule has 0 atom stereocenters. The van der Waals surface area contributed by atoms with E-state index in [-0.39, 0.29) is 5.97 Å². The Labute approximate surface area is 112 Å². The van der Waals surface area contributed by atoms with E-state index >= 15 is 0 Å². The molecule has 2 heterocycles. The van der Waals surface area contributed by atoms with Gasteiger partial charge in [0.05, 0.1) is 12.2 Å². The monoisotopic (exact) mass is 258 g/mol. The van der Waals surface area contributed by atoms with Crippen molar-refractivity contribution in [3.8, 4) is 0 Å². The minimum absolute atomic E-state index is 0.231. The lowest BCUT2D eigenvalue weighted by atomic mass is 10.1. The Morgan fingerprint density at radius 2 is 2.05 bits per heavy atom. The van der Waals surface area contributed by atoms with Gasteiger partial charge in [-0.2, -0.15) is 0 Å². The van der Waals surface area contributed by atoms with Crippen molar-refractivity contribution in [3.05, 3.63) is 35.0 Å². The number of benzene rings is 1. The number of fused-ring (bicyclic) bond motifs is 2. The Morgan fingerprint density at radius 3 is 2.74 bits per heavy atom. The molecule has 0 saturated carbocycles. The van der Waals surface area contributed by atoms with Gasteiger partial charge >= 0.3 is 5.97 Å². The predicted octanol–water partition coefficient (Wildman–Crippen LogP) is 2.44. The number of esters is 1. The highest BCUT2D eigenvalue weighted by molar-refractivity contribution is 6.04. The van der Waals surface area contributed by atoms with Crippen molar-refractivity contribution >= 4 is 16.9 Å². The summed E-state index contributed by atoms with van der Waals surface area (Å²) in [6.45, 7) is 6.96. The first-order chi connectivity index (χ1) is 9.24. The van der Waals surface area contributed by atoms with E-state index in [1.165, 1.54) is 11.1 Å². The van der Waals surface area contributed by atoms with Gasteiger partial charge in [-0.3, -0.25) is 0 Å². The van der Waals surface area contributed by atoms with Crippen LogP contribution in [0.2, 0.25) is 0 Å². The summed E-state index contributed by atoms with van der Waals surface area (Å²) in [5.74, 6) is -0.231. The number of hydrogen-bond acceptors (Lipinski definition) is 3. The second-order valence-corrected chi connectivity index (χ2v) is 4.79. The topological polar surface area (TPSA) is 43.3 Å². The van der Waals surface area contributed by atoms with Gasteiger partial charge in [0.1, 0.15) is 0 Å². The number of hydrogen-bond donors (Lipinski definition) is 1. The van der Waals surface area contributed by atoms with Crippen molar-refractivity contribution in [3.63, 3.8) is 0 Å². The van der Waals surface area contributed by atoms with Gasteiger partial charge in [-0.15, -0.1) is 0 Å². The van der Waals surface area contributed by atoms with Crippen LogP contribution in [0.5, 0.6) is 0 Å². The zero-order valence-electron chi connectivity index (χ0n) is 11.3. The molecule has 4 heteroatoms. The molecule has 100 valence electrons. The van der Waals surface area contributed by atoms with Crippen LogP contribution in [0.15, 0.2) is 18.3 Å². The fourth-order valence-electron chi connectivity index (χ4n) is 2.72. The molecule has 0 bridgehead atoms. The number of aromatic nitrogens is 1. The lowest BCUT2D eigenvalue weighted by Crippen LogP contribution is -2.04. The Kier molecular flexibility index (Phi) is 3.03. The van der Waals surface area contributed by atoms with Crippen LogP contribution in [0.3, 0.4) is 0 Å². The first kappa shape index (κ1) is 12.2. The first-order valence-electron chi connectivity index (χ1n) is 6.77. The van der Waals surface area contributed by atoms with E-state index in [0.29, 0.717) is 12.2 Å². The average Bonchev–Trinajstić information content (AvgIpc) is 2.99. The van der Waals surface area contributed by atoms with Gasteiger partial charge in [0, 0.05) is 36.7 Å². The molecule has 1 aromatic heterocycles. The van der Waals surface area contributed by atoms with Crippen LogP contribution in [0, 0.1) is 0 Å². The van der Waals surface area contributed by atoms with Gasteiger partial charge < -0.3 is 14.6 Å². The summed E-state index contributed by atoms with van der Waals surface area (Å²) in [7, 11) is 0. The smallest absolute Gasteiger partial charge is 0.340 e. The second kappa shape index (κ2) is 4.70. The van der Waals surface area contributed by atoms with Crippen LogP contribution in [0.1, 0.15) is 35.3 Å².